The molecule has 7 nitrogen and oxygen atoms in total. The Balaban J connectivity index is 1.44. The fraction of sp³-hybridized carbons (Fsp3) is 0.429. The van der Waals surface area contributed by atoms with Gasteiger partial charge in [0.1, 0.15) is 12.4 Å². The molecule has 0 aliphatic carbocycles. The number of fused-ring (bicyclic) bond motifs is 1. The molecule has 0 spiro atoms. The molecule has 0 amide bonds. The minimum atomic E-state index is -3.56. The van der Waals surface area contributed by atoms with Crippen molar-refractivity contribution >= 4 is 21.8 Å². The highest BCUT2D eigenvalue weighted by molar-refractivity contribution is 7.86. The molecule has 162 valence electrons. The summed E-state index contributed by atoms with van der Waals surface area (Å²) in [6.45, 7) is 3.31. The predicted molar refractivity (Wildman–Crippen MR) is 114 cm³/mol. The van der Waals surface area contributed by atoms with E-state index in [4.69, 9.17) is 25.8 Å². The van der Waals surface area contributed by atoms with Crippen molar-refractivity contribution in [1.82, 2.24) is 8.61 Å². The van der Waals surface area contributed by atoms with Crippen molar-refractivity contribution < 1.29 is 22.6 Å². The molecular weight excluding hydrogens is 428 g/mol. The monoisotopic (exact) mass is 452 g/mol. The summed E-state index contributed by atoms with van der Waals surface area (Å²) in [6.07, 6.45) is 0. The third-order valence-corrected chi connectivity index (χ3v) is 7.53. The minimum Gasteiger partial charge on any atom is -0.492 e. The summed E-state index contributed by atoms with van der Waals surface area (Å²) in [4.78, 5) is 0. The van der Waals surface area contributed by atoms with Gasteiger partial charge in [-0.15, -0.1) is 0 Å². The van der Waals surface area contributed by atoms with Crippen molar-refractivity contribution in [1.29, 1.82) is 0 Å². The number of hydrogen-bond donors (Lipinski definition) is 0. The summed E-state index contributed by atoms with van der Waals surface area (Å²) < 4.78 is 46.0. The summed E-state index contributed by atoms with van der Waals surface area (Å²) in [7, 11) is -3.56. The molecule has 1 fully saturated rings. The molecule has 2 aliphatic rings. The van der Waals surface area contributed by atoms with E-state index in [-0.39, 0.29) is 6.54 Å². The molecule has 2 aliphatic heterocycles. The van der Waals surface area contributed by atoms with Crippen molar-refractivity contribution in [2.24, 2.45) is 0 Å². The van der Waals surface area contributed by atoms with E-state index in [2.05, 4.69) is 0 Å². The average molecular weight is 453 g/mol. The Hall–Kier alpha value is -1.68. The van der Waals surface area contributed by atoms with Crippen LogP contribution in [0.1, 0.15) is 16.7 Å². The first-order valence-electron chi connectivity index (χ1n) is 9.93. The lowest BCUT2D eigenvalue weighted by molar-refractivity contribution is 0.0699. The van der Waals surface area contributed by atoms with Crippen LogP contribution in [0, 0.1) is 0 Å². The average Bonchev–Trinajstić information content (AvgIpc) is 2.98. The van der Waals surface area contributed by atoms with Gasteiger partial charge in [-0.2, -0.15) is 17.0 Å². The summed E-state index contributed by atoms with van der Waals surface area (Å²) in [5.41, 5.74) is 2.72. The topological polar surface area (TPSA) is 68.3 Å². The molecular formula is C21H25ClN2O5S. The number of hydrogen-bond acceptors (Lipinski definition) is 5. The fourth-order valence-electron chi connectivity index (χ4n) is 3.55. The number of nitrogens with zero attached hydrogens (tertiary/aromatic N) is 2. The van der Waals surface area contributed by atoms with Gasteiger partial charge < -0.3 is 14.2 Å². The van der Waals surface area contributed by atoms with Gasteiger partial charge >= 0.3 is 0 Å². The van der Waals surface area contributed by atoms with Gasteiger partial charge in [0, 0.05) is 36.8 Å². The molecule has 9 heteroatoms. The quantitative estimate of drug-likeness (QED) is 0.674. The Bertz CT molecular complexity index is 979. The van der Waals surface area contributed by atoms with Gasteiger partial charge in [-0.05, 0) is 29.3 Å². The van der Waals surface area contributed by atoms with Crippen LogP contribution in [0.3, 0.4) is 0 Å². The Morgan fingerprint density at radius 1 is 0.967 bits per heavy atom. The van der Waals surface area contributed by atoms with E-state index in [0.29, 0.717) is 63.4 Å². The second kappa shape index (κ2) is 9.64. The van der Waals surface area contributed by atoms with Crippen LogP contribution in [0.15, 0.2) is 42.5 Å². The van der Waals surface area contributed by atoms with Gasteiger partial charge in [-0.1, -0.05) is 35.9 Å². The van der Waals surface area contributed by atoms with Crippen LogP contribution in [0.25, 0.3) is 0 Å². The molecule has 0 atom stereocenters. The second-order valence-corrected chi connectivity index (χ2v) is 9.56. The highest BCUT2D eigenvalue weighted by Crippen LogP contribution is 2.27. The van der Waals surface area contributed by atoms with Crippen molar-refractivity contribution in [3.8, 4) is 5.75 Å². The van der Waals surface area contributed by atoms with E-state index in [1.54, 1.807) is 0 Å². The number of rotatable bonds is 6. The number of morpholine rings is 1. The Labute approximate surface area is 182 Å². The van der Waals surface area contributed by atoms with E-state index in [1.807, 2.05) is 42.5 Å². The number of halogens is 1. The minimum absolute atomic E-state index is 0.271. The normalized spacial score (nSPS) is 18.4. The lowest BCUT2D eigenvalue weighted by atomic mass is 10.1. The summed E-state index contributed by atoms with van der Waals surface area (Å²) in [5.74, 6) is 0.713. The first kappa shape index (κ1) is 21.5. The maximum atomic E-state index is 13.1. The maximum Gasteiger partial charge on any atom is 0.282 e. The third-order valence-electron chi connectivity index (χ3n) is 5.18. The second-order valence-electron chi connectivity index (χ2n) is 7.23. The Morgan fingerprint density at radius 3 is 2.53 bits per heavy atom. The van der Waals surface area contributed by atoms with Crippen molar-refractivity contribution in [3.05, 3.63) is 64.2 Å². The molecule has 2 aromatic carbocycles. The van der Waals surface area contributed by atoms with Gasteiger partial charge in [0.15, 0.2) is 0 Å². The van der Waals surface area contributed by atoms with Gasteiger partial charge in [0.2, 0.25) is 0 Å². The molecule has 0 unspecified atom stereocenters. The van der Waals surface area contributed by atoms with E-state index in [9.17, 15) is 8.42 Å². The molecule has 2 aromatic rings. The molecule has 1 saturated heterocycles. The lowest BCUT2D eigenvalue weighted by Gasteiger charge is -2.31. The first-order chi connectivity index (χ1) is 14.5. The predicted octanol–water partition coefficient (Wildman–Crippen LogP) is 2.83. The van der Waals surface area contributed by atoms with E-state index >= 15 is 0 Å². The SMILES string of the molecule is O=S(=O)(N1CCOCC1)N1CCOc2ccc(COCc3ccccc3Cl)cc2C1. The summed E-state index contributed by atoms with van der Waals surface area (Å²) >= 11 is 6.17. The van der Waals surface area contributed by atoms with Crippen molar-refractivity contribution in [3.63, 3.8) is 0 Å². The largest absolute Gasteiger partial charge is 0.492 e. The van der Waals surface area contributed by atoms with Gasteiger partial charge in [-0.25, -0.2) is 0 Å². The smallest absolute Gasteiger partial charge is 0.282 e. The molecule has 0 radical (unpaired) electrons. The molecule has 0 bridgehead atoms. The molecule has 2 heterocycles. The zero-order valence-electron chi connectivity index (χ0n) is 16.6. The summed E-state index contributed by atoms with van der Waals surface area (Å²) in [5, 5.41) is 0.678. The van der Waals surface area contributed by atoms with Crippen LogP contribution in [-0.4, -0.2) is 56.5 Å². The highest BCUT2D eigenvalue weighted by atomic mass is 35.5. The maximum absolute atomic E-state index is 13.1. The standard InChI is InChI=1S/C21H25ClN2O5S/c22-20-4-2-1-3-18(20)16-28-15-17-5-6-21-19(13-17)14-24(9-12-29-21)30(25,26)23-7-10-27-11-8-23/h1-6,13H,7-12,14-16H2. The van der Waals surface area contributed by atoms with Crippen LogP contribution in [0.2, 0.25) is 5.02 Å². The lowest BCUT2D eigenvalue weighted by Crippen LogP contribution is -2.48. The first-order valence-corrected chi connectivity index (χ1v) is 11.7. The van der Waals surface area contributed by atoms with E-state index in [1.165, 1.54) is 8.61 Å². The van der Waals surface area contributed by atoms with E-state index < -0.39 is 10.2 Å². The molecule has 4 rings (SSSR count). The highest BCUT2D eigenvalue weighted by Gasteiger charge is 2.32. The van der Waals surface area contributed by atoms with Gasteiger partial charge in [0.05, 0.1) is 26.4 Å². The zero-order chi connectivity index (χ0) is 21.0. The van der Waals surface area contributed by atoms with Crippen LogP contribution in [0.5, 0.6) is 5.75 Å². The van der Waals surface area contributed by atoms with Crippen LogP contribution in [-0.2, 0) is 39.4 Å². The number of benzene rings is 2. The third kappa shape index (κ3) is 4.96. The molecule has 0 saturated carbocycles. The van der Waals surface area contributed by atoms with Crippen LogP contribution < -0.4 is 4.74 Å². The van der Waals surface area contributed by atoms with Gasteiger partial charge in [0.25, 0.3) is 10.2 Å². The molecule has 0 aromatic heterocycles. The molecule has 30 heavy (non-hydrogen) atoms. The zero-order valence-corrected chi connectivity index (χ0v) is 18.2. The van der Waals surface area contributed by atoms with Gasteiger partial charge in [-0.3, -0.25) is 0 Å². The Kier molecular flexibility index (Phi) is 6.92. The Morgan fingerprint density at radius 2 is 1.73 bits per heavy atom. The van der Waals surface area contributed by atoms with Crippen molar-refractivity contribution in [2.75, 3.05) is 39.5 Å². The van der Waals surface area contributed by atoms with Crippen molar-refractivity contribution in [2.45, 2.75) is 19.8 Å². The van der Waals surface area contributed by atoms with Crippen LogP contribution >= 0.6 is 11.6 Å². The summed E-state index contributed by atoms with van der Waals surface area (Å²) in [6, 6.07) is 13.4. The molecule has 0 N–H and O–H groups in total. The number of ether oxygens (including phenoxy) is 3. The van der Waals surface area contributed by atoms with Crippen LogP contribution in [0.4, 0.5) is 0 Å². The fourth-order valence-corrected chi connectivity index (χ4v) is 5.28. The van der Waals surface area contributed by atoms with E-state index in [0.717, 1.165) is 16.7 Å².